The van der Waals surface area contributed by atoms with Crippen LogP contribution < -0.4 is 0 Å². The van der Waals surface area contributed by atoms with E-state index in [0.29, 0.717) is 48.2 Å². The van der Waals surface area contributed by atoms with Gasteiger partial charge in [-0.2, -0.15) is 0 Å². The summed E-state index contributed by atoms with van der Waals surface area (Å²) in [6.45, 7) is 10.9. The molecular weight excluding hydrogens is 416 g/mol. The highest BCUT2D eigenvalue weighted by atomic mass is 16.5. The van der Waals surface area contributed by atoms with E-state index in [0.717, 1.165) is 38.5 Å². The highest BCUT2D eigenvalue weighted by molar-refractivity contribution is 5.87. The van der Waals surface area contributed by atoms with E-state index in [1.165, 1.54) is 26.9 Å². The van der Waals surface area contributed by atoms with Crippen molar-refractivity contribution in [1.82, 2.24) is 0 Å². The monoisotopic (exact) mass is 460 g/mol. The molecule has 0 aromatic carbocycles. The lowest BCUT2D eigenvalue weighted by Gasteiger charge is -2.66. The lowest BCUT2D eigenvalue weighted by Crippen LogP contribution is -2.63. The number of methoxy groups -OCH3 is 1. The van der Waals surface area contributed by atoms with Gasteiger partial charge < -0.3 is 9.47 Å². The van der Waals surface area contributed by atoms with Gasteiger partial charge in [-0.1, -0.05) is 27.7 Å². The summed E-state index contributed by atoms with van der Waals surface area (Å²) < 4.78 is 10.5. The Bertz CT molecular complexity index is 806. The zero-order chi connectivity index (χ0) is 24.2. The Balaban J connectivity index is 1.56. The Labute approximate surface area is 199 Å². The summed E-state index contributed by atoms with van der Waals surface area (Å²) >= 11 is 0. The smallest absolute Gasteiger partial charge is 0.305 e. The van der Waals surface area contributed by atoms with Crippen LogP contribution in [0.2, 0.25) is 0 Å². The molecule has 4 aliphatic rings. The van der Waals surface area contributed by atoms with Crippen LogP contribution in [0.3, 0.4) is 0 Å². The Morgan fingerprint density at radius 1 is 1.03 bits per heavy atom. The molecule has 0 spiro atoms. The number of ketones is 1. The van der Waals surface area contributed by atoms with Crippen molar-refractivity contribution in [3.63, 3.8) is 0 Å². The van der Waals surface area contributed by atoms with E-state index in [2.05, 4.69) is 27.7 Å². The molecule has 186 valence electrons. The second-order valence-corrected chi connectivity index (χ2v) is 12.5. The van der Waals surface area contributed by atoms with E-state index in [4.69, 9.17) is 9.47 Å². The molecule has 0 unspecified atom stereocenters. The number of hydrogen-bond donors (Lipinski definition) is 0. The van der Waals surface area contributed by atoms with Gasteiger partial charge in [-0.15, -0.1) is 0 Å². The summed E-state index contributed by atoms with van der Waals surface area (Å²) in [6.07, 6.45) is 9.44. The van der Waals surface area contributed by atoms with E-state index in [1.54, 1.807) is 0 Å². The first kappa shape index (κ1) is 24.7. The predicted octanol–water partition coefficient (Wildman–Crippen LogP) is 5.74. The first-order chi connectivity index (χ1) is 15.5. The summed E-state index contributed by atoms with van der Waals surface area (Å²) in [5.41, 5.74) is -0.126. The van der Waals surface area contributed by atoms with Gasteiger partial charge in [-0.3, -0.25) is 14.4 Å². The highest BCUT2D eigenvalue weighted by Crippen LogP contribution is 2.72. The number of esters is 2. The number of carbonyl (C=O) groups is 3. The molecule has 0 aromatic rings. The van der Waals surface area contributed by atoms with Gasteiger partial charge in [0.2, 0.25) is 0 Å². The predicted molar refractivity (Wildman–Crippen MR) is 126 cm³/mol. The van der Waals surface area contributed by atoms with E-state index in [-0.39, 0.29) is 34.3 Å². The lowest BCUT2D eigenvalue weighted by atomic mass is 9.38. The van der Waals surface area contributed by atoms with Crippen LogP contribution in [0, 0.1) is 45.8 Å². The topological polar surface area (TPSA) is 69.7 Å². The summed E-state index contributed by atoms with van der Waals surface area (Å²) in [6, 6.07) is 0. The van der Waals surface area contributed by atoms with Gasteiger partial charge in [0, 0.05) is 25.2 Å². The Morgan fingerprint density at radius 2 is 1.73 bits per heavy atom. The number of carbonyl (C=O) groups excluding carboxylic acids is 3. The zero-order valence-corrected chi connectivity index (χ0v) is 21.6. The van der Waals surface area contributed by atoms with Gasteiger partial charge in [-0.05, 0) is 91.8 Å². The third-order valence-electron chi connectivity index (χ3n) is 11.4. The number of fused-ring (bicyclic) bond motifs is 5. The van der Waals surface area contributed by atoms with Crippen LogP contribution in [0.1, 0.15) is 98.8 Å². The lowest BCUT2D eigenvalue weighted by molar-refractivity contribution is -0.193. The minimum absolute atomic E-state index is 0.0164. The molecule has 0 N–H and O–H groups in total. The van der Waals surface area contributed by atoms with Crippen LogP contribution in [-0.2, 0) is 23.9 Å². The van der Waals surface area contributed by atoms with Crippen LogP contribution in [0.15, 0.2) is 0 Å². The molecule has 5 nitrogen and oxygen atoms in total. The molecule has 33 heavy (non-hydrogen) atoms. The fraction of sp³-hybridized carbons (Fsp3) is 0.893. The fourth-order valence-corrected chi connectivity index (χ4v) is 9.31. The van der Waals surface area contributed by atoms with Gasteiger partial charge in [0.25, 0.3) is 0 Å². The standard InChI is InChI=1S/C28H44O5/c1-17(7-12-25(31)32-6)21-10-11-23-22-9-8-19-15-20(33-18(2)29)13-14-26(19,3)27(22,4)16-24(30)28(21,23)5/h17,19-23H,7-16H2,1-6H3/t17-,19-,20-,21-,22+,23+,26+,27+,28-/m1/s1. The van der Waals surface area contributed by atoms with Gasteiger partial charge in [0.15, 0.2) is 0 Å². The van der Waals surface area contributed by atoms with Gasteiger partial charge in [0.05, 0.1) is 7.11 Å². The van der Waals surface area contributed by atoms with E-state index in [1.807, 2.05) is 0 Å². The summed E-state index contributed by atoms with van der Waals surface area (Å²) in [5.74, 6) is 2.37. The maximum absolute atomic E-state index is 14.0. The van der Waals surface area contributed by atoms with Gasteiger partial charge in [-0.25, -0.2) is 0 Å². The van der Waals surface area contributed by atoms with Gasteiger partial charge in [0.1, 0.15) is 11.9 Å². The average molecular weight is 461 g/mol. The largest absolute Gasteiger partial charge is 0.469 e. The van der Waals surface area contributed by atoms with Crippen molar-refractivity contribution in [3.05, 3.63) is 0 Å². The maximum atomic E-state index is 14.0. The first-order valence-corrected chi connectivity index (χ1v) is 13.2. The van der Waals surface area contributed by atoms with E-state index < -0.39 is 0 Å². The van der Waals surface area contributed by atoms with Crippen molar-refractivity contribution in [2.75, 3.05) is 7.11 Å². The molecule has 0 heterocycles. The van der Waals surface area contributed by atoms with Crippen LogP contribution in [0.4, 0.5) is 0 Å². The summed E-state index contributed by atoms with van der Waals surface area (Å²) in [4.78, 5) is 37.3. The van der Waals surface area contributed by atoms with Crippen LogP contribution >= 0.6 is 0 Å². The molecule has 4 fully saturated rings. The van der Waals surface area contributed by atoms with Crippen molar-refractivity contribution in [2.24, 2.45) is 45.8 Å². The van der Waals surface area contributed by atoms with E-state index in [9.17, 15) is 14.4 Å². The third-order valence-corrected chi connectivity index (χ3v) is 11.4. The van der Waals surface area contributed by atoms with Crippen LogP contribution in [0.5, 0.6) is 0 Å². The number of Topliss-reactive ketones (excluding diaryl/α,β-unsaturated/α-hetero) is 1. The summed E-state index contributed by atoms with van der Waals surface area (Å²) in [7, 11) is 1.45. The molecule has 0 aliphatic heterocycles. The Kier molecular flexibility index (Phi) is 6.50. The molecule has 4 rings (SSSR count). The molecule has 0 amide bonds. The number of hydrogen-bond acceptors (Lipinski definition) is 5. The van der Waals surface area contributed by atoms with E-state index >= 15 is 0 Å². The van der Waals surface area contributed by atoms with Crippen molar-refractivity contribution in [3.8, 4) is 0 Å². The summed E-state index contributed by atoms with van der Waals surface area (Å²) in [5, 5.41) is 0. The quantitative estimate of drug-likeness (QED) is 0.490. The van der Waals surface area contributed by atoms with Crippen molar-refractivity contribution in [2.45, 2.75) is 105 Å². The third kappa shape index (κ3) is 3.76. The average Bonchev–Trinajstić information content (AvgIpc) is 3.11. The minimum Gasteiger partial charge on any atom is -0.469 e. The Morgan fingerprint density at radius 3 is 2.39 bits per heavy atom. The SMILES string of the molecule is COC(=O)CC[C@@H](C)[C@H]1CC[C@H]2[C@@H]3CC[C@@H]4C[C@H](OC(C)=O)CC[C@]4(C)[C@@]3(C)CC(=O)[C@]12C. The Hall–Kier alpha value is -1.39. The van der Waals surface area contributed by atoms with Crippen LogP contribution in [0.25, 0.3) is 0 Å². The van der Waals surface area contributed by atoms with Gasteiger partial charge >= 0.3 is 11.9 Å². The number of ether oxygens (including phenoxy) is 2. The second-order valence-electron chi connectivity index (χ2n) is 12.5. The van der Waals surface area contributed by atoms with Crippen molar-refractivity contribution >= 4 is 17.7 Å². The zero-order valence-electron chi connectivity index (χ0n) is 21.6. The van der Waals surface area contributed by atoms with Crippen LogP contribution in [-0.4, -0.2) is 30.9 Å². The molecule has 4 saturated carbocycles. The molecule has 4 aliphatic carbocycles. The molecule has 9 atom stereocenters. The van der Waals surface area contributed by atoms with Crippen molar-refractivity contribution < 1.29 is 23.9 Å². The van der Waals surface area contributed by atoms with Crippen molar-refractivity contribution in [1.29, 1.82) is 0 Å². The normalized spacial score (nSPS) is 45.4. The maximum Gasteiger partial charge on any atom is 0.305 e. The fourth-order valence-electron chi connectivity index (χ4n) is 9.31. The first-order valence-electron chi connectivity index (χ1n) is 13.2. The molecule has 0 radical (unpaired) electrons. The molecule has 0 saturated heterocycles. The second kappa shape index (κ2) is 8.68. The minimum atomic E-state index is -0.266. The highest BCUT2D eigenvalue weighted by Gasteiger charge is 2.68. The molecule has 0 aromatic heterocycles. The molecule has 5 heteroatoms. The molecule has 0 bridgehead atoms. The molecular formula is C28H44O5. The number of rotatable bonds is 5.